The van der Waals surface area contributed by atoms with Crippen LogP contribution in [0.25, 0.3) is 0 Å². The van der Waals surface area contributed by atoms with Crippen LogP contribution in [0.5, 0.6) is 0 Å². The molecular formula is C21H23NO5. The second-order valence-electron chi connectivity index (χ2n) is 7.16. The van der Waals surface area contributed by atoms with E-state index in [0.717, 1.165) is 5.56 Å². The molecule has 2 aliphatic rings. The highest BCUT2D eigenvalue weighted by Gasteiger charge is 2.55. The number of hydrogen-bond acceptors (Lipinski definition) is 5. The summed E-state index contributed by atoms with van der Waals surface area (Å²) in [5.41, 5.74) is 1.56. The zero-order valence-corrected chi connectivity index (χ0v) is 15.3. The maximum atomic E-state index is 12.4. The molecule has 0 saturated carbocycles. The fraction of sp³-hybridized carbons (Fsp3) is 0.381. The zero-order chi connectivity index (χ0) is 18.9. The summed E-state index contributed by atoms with van der Waals surface area (Å²) in [5, 5.41) is 2.75. The molecule has 27 heavy (non-hydrogen) atoms. The van der Waals surface area contributed by atoms with Gasteiger partial charge in [0.25, 0.3) is 0 Å². The maximum absolute atomic E-state index is 12.4. The van der Waals surface area contributed by atoms with E-state index in [4.69, 9.17) is 18.9 Å². The second-order valence-corrected chi connectivity index (χ2v) is 7.16. The van der Waals surface area contributed by atoms with Crippen LogP contribution in [0, 0.1) is 0 Å². The first-order chi connectivity index (χ1) is 13.0. The summed E-state index contributed by atoms with van der Waals surface area (Å²) in [5.74, 6) is -0.616. The molecule has 0 unspecified atom stereocenters. The first-order valence-electron chi connectivity index (χ1n) is 9.07. The first kappa shape index (κ1) is 18.0. The molecule has 2 aromatic rings. The molecule has 0 aromatic heterocycles. The summed E-state index contributed by atoms with van der Waals surface area (Å²) < 4.78 is 23.1. The Morgan fingerprint density at radius 2 is 1.78 bits per heavy atom. The van der Waals surface area contributed by atoms with Gasteiger partial charge in [-0.3, -0.25) is 5.32 Å². The van der Waals surface area contributed by atoms with Crippen LogP contribution in [0.1, 0.15) is 25.5 Å². The van der Waals surface area contributed by atoms with Gasteiger partial charge in [-0.2, -0.15) is 0 Å². The molecule has 6 heteroatoms. The normalized spacial score (nSPS) is 27.0. The minimum Gasteiger partial charge on any atom is -0.438 e. The van der Waals surface area contributed by atoms with Crippen molar-refractivity contribution >= 4 is 11.8 Å². The van der Waals surface area contributed by atoms with Gasteiger partial charge >= 0.3 is 6.09 Å². The zero-order valence-electron chi connectivity index (χ0n) is 15.3. The van der Waals surface area contributed by atoms with Gasteiger partial charge in [-0.1, -0.05) is 48.5 Å². The minimum atomic E-state index is -0.616. The number of ether oxygens (including phenoxy) is 4. The summed E-state index contributed by atoms with van der Waals surface area (Å²) in [4.78, 5) is 12.4. The molecule has 2 saturated heterocycles. The van der Waals surface area contributed by atoms with E-state index >= 15 is 0 Å². The standard InChI is InChI=1S/C21H23NO5/c1-21(2)24-13-16(27-21)18-19(25-18)17(14-9-5-3-6-10-14)26-20(23)22-15-11-7-4-8-12-15/h3-12,16-19H,13H2,1-2H3,(H,22,23)/t16-,17+,18+,19+/m1/s1. The number of carbonyl (C=O) groups is 1. The van der Waals surface area contributed by atoms with Crippen molar-refractivity contribution in [2.24, 2.45) is 0 Å². The molecule has 4 atom stereocenters. The molecule has 6 nitrogen and oxygen atoms in total. The van der Waals surface area contributed by atoms with Crippen LogP contribution in [0.2, 0.25) is 0 Å². The maximum Gasteiger partial charge on any atom is 0.412 e. The molecule has 0 aliphatic carbocycles. The minimum absolute atomic E-state index is 0.165. The van der Waals surface area contributed by atoms with Crippen molar-refractivity contribution in [3.05, 3.63) is 66.2 Å². The van der Waals surface area contributed by atoms with Crippen LogP contribution >= 0.6 is 0 Å². The van der Waals surface area contributed by atoms with Gasteiger partial charge in [0.1, 0.15) is 18.3 Å². The van der Waals surface area contributed by atoms with Gasteiger partial charge in [0.05, 0.1) is 6.61 Å². The monoisotopic (exact) mass is 369 g/mol. The Labute approximate surface area is 158 Å². The molecular weight excluding hydrogens is 346 g/mol. The van der Waals surface area contributed by atoms with Gasteiger partial charge < -0.3 is 18.9 Å². The molecule has 0 radical (unpaired) electrons. The van der Waals surface area contributed by atoms with Crippen molar-refractivity contribution in [1.29, 1.82) is 0 Å². The summed E-state index contributed by atoms with van der Waals surface area (Å²) >= 11 is 0. The molecule has 2 aromatic carbocycles. The van der Waals surface area contributed by atoms with E-state index in [9.17, 15) is 4.79 Å². The smallest absolute Gasteiger partial charge is 0.412 e. The molecule has 142 valence electrons. The lowest BCUT2D eigenvalue weighted by Crippen LogP contribution is -2.28. The van der Waals surface area contributed by atoms with Crippen molar-refractivity contribution in [3.8, 4) is 0 Å². The predicted octanol–water partition coefficient (Wildman–Crippen LogP) is 3.90. The summed E-state index contributed by atoms with van der Waals surface area (Å²) in [6.45, 7) is 4.22. The number of hydrogen-bond donors (Lipinski definition) is 1. The van der Waals surface area contributed by atoms with Crippen LogP contribution in [0.15, 0.2) is 60.7 Å². The van der Waals surface area contributed by atoms with E-state index in [1.807, 2.05) is 62.4 Å². The Balaban J connectivity index is 1.45. The van der Waals surface area contributed by atoms with Gasteiger partial charge in [0.2, 0.25) is 0 Å². The fourth-order valence-corrected chi connectivity index (χ4v) is 3.31. The lowest BCUT2D eigenvalue weighted by molar-refractivity contribution is -0.140. The lowest BCUT2D eigenvalue weighted by atomic mass is 10.0. The highest BCUT2D eigenvalue weighted by molar-refractivity contribution is 5.84. The molecule has 2 heterocycles. The fourth-order valence-electron chi connectivity index (χ4n) is 3.31. The van der Waals surface area contributed by atoms with Gasteiger partial charge in [-0.15, -0.1) is 0 Å². The van der Waals surface area contributed by atoms with Crippen molar-refractivity contribution in [3.63, 3.8) is 0 Å². The van der Waals surface area contributed by atoms with Crippen LogP contribution in [0.4, 0.5) is 10.5 Å². The second kappa shape index (κ2) is 7.31. The number of para-hydroxylation sites is 1. The highest BCUT2D eigenvalue weighted by atomic mass is 16.8. The van der Waals surface area contributed by atoms with Gasteiger partial charge in [-0.05, 0) is 31.5 Å². The van der Waals surface area contributed by atoms with Gasteiger partial charge in [0, 0.05) is 5.69 Å². The molecule has 2 aliphatic heterocycles. The van der Waals surface area contributed by atoms with E-state index < -0.39 is 18.0 Å². The summed E-state index contributed by atoms with van der Waals surface area (Å²) in [7, 11) is 0. The number of nitrogens with one attached hydrogen (secondary N) is 1. The third-order valence-electron chi connectivity index (χ3n) is 4.64. The average Bonchev–Trinajstić information content (AvgIpc) is 3.37. The first-order valence-corrected chi connectivity index (χ1v) is 9.07. The number of benzene rings is 2. The van der Waals surface area contributed by atoms with E-state index in [1.54, 1.807) is 12.1 Å². The third-order valence-corrected chi connectivity index (χ3v) is 4.64. The number of epoxide rings is 1. The van der Waals surface area contributed by atoms with E-state index in [2.05, 4.69) is 5.32 Å². The topological polar surface area (TPSA) is 69.3 Å². The Kier molecular flexibility index (Phi) is 4.86. The SMILES string of the molecule is CC1(C)OC[C@H]([C@@H]2O[C@H]2[C@@H](OC(=O)Nc2ccccc2)c2ccccc2)O1. The van der Waals surface area contributed by atoms with Crippen LogP contribution < -0.4 is 5.32 Å². The number of rotatable bonds is 5. The molecule has 0 bridgehead atoms. The highest BCUT2D eigenvalue weighted by Crippen LogP contribution is 2.42. The van der Waals surface area contributed by atoms with Crippen LogP contribution in [0.3, 0.4) is 0 Å². The Morgan fingerprint density at radius 3 is 2.41 bits per heavy atom. The molecule has 2 fully saturated rings. The molecule has 1 amide bonds. The Morgan fingerprint density at radius 1 is 1.11 bits per heavy atom. The van der Waals surface area contributed by atoms with Crippen molar-refractivity contribution < 1.29 is 23.7 Å². The largest absolute Gasteiger partial charge is 0.438 e. The molecule has 0 spiro atoms. The lowest BCUT2D eigenvalue weighted by Gasteiger charge is -2.18. The summed E-state index contributed by atoms with van der Waals surface area (Å²) in [6.07, 6.45) is -1.64. The number of anilines is 1. The molecule has 1 N–H and O–H groups in total. The Bertz CT molecular complexity index is 780. The Hall–Kier alpha value is -2.41. The van der Waals surface area contributed by atoms with Crippen molar-refractivity contribution in [2.45, 2.75) is 44.1 Å². The van der Waals surface area contributed by atoms with Gasteiger partial charge in [0.15, 0.2) is 11.9 Å². The van der Waals surface area contributed by atoms with Crippen LogP contribution in [-0.2, 0) is 18.9 Å². The quantitative estimate of drug-likeness (QED) is 0.810. The molecule has 4 rings (SSSR count). The summed E-state index contributed by atoms with van der Waals surface area (Å²) in [6, 6.07) is 18.8. The van der Waals surface area contributed by atoms with E-state index in [0.29, 0.717) is 12.3 Å². The van der Waals surface area contributed by atoms with Gasteiger partial charge in [-0.25, -0.2) is 4.79 Å². The number of carbonyl (C=O) groups excluding carboxylic acids is 1. The predicted molar refractivity (Wildman–Crippen MR) is 99.3 cm³/mol. The average molecular weight is 369 g/mol. The van der Waals surface area contributed by atoms with Crippen molar-refractivity contribution in [1.82, 2.24) is 0 Å². The number of amides is 1. The van der Waals surface area contributed by atoms with E-state index in [-0.39, 0.29) is 18.3 Å². The van der Waals surface area contributed by atoms with E-state index in [1.165, 1.54) is 0 Å². The van der Waals surface area contributed by atoms with Crippen LogP contribution in [-0.4, -0.2) is 36.8 Å². The van der Waals surface area contributed by atoms with Crippen molar-refractivity contribution in [2.75, 3.05) is 11.9 Å². The third kappa shape index (κ3) is 4.30.